The quantitative estimate of drug-likeness (QED) is 0.749. The van der Waals surface area contributed by atoms with Crippen LogP contribution in [0.2, 0.25) is 0 Å². The molecule has 15 heavy (non-hydrogen) atoms. The first kappa shape index (κ1) is 11.5. The Hall–Kier alpha value is -0.0200. The lowest BCUT2D eigenvalue weighted by molar-refractivity contribution is -0.128. The minimum Gasteiger partial charge on any atom is -0.396 e. The fraction of sp³-hybridized carbons (Fsp3) is 0.917. The Kier molecular flexibility index (Phi) is 2.89. The van der Waals surface area contributed by atoms with Crippen molar-refractivity contribution in [2.75, 3.05) is 18.1 Å². The lowest BCUT2D eigenvalue weighted by Crippen LogP contribution is -2.37. The van der Waals surface area contributed by atoms with Gasteiger partial charge in [0.05, 0.1) is 6.61 Å². The number of hydrogen-bond acceptors (Lipinski definition) is 3. The number of hydrogen-bond donors (Lipinski definition) is 1. The molecule has 0 spiro atoms. The molecule has 0 unspecified atom stereocenters. The van der Waals surface area contributed by atoms with E-state index < -0.39 is 0 Å². The summed E-state index contributed by atoms with van der Waals surface area (Å²) in [6.07, 6.45) is 3.10. The smallest absolute Gasteiger partial charge is 0.139 e. The van der Waals surface area contributed by atoms with E-state index in [1.807, 2.05) is 0 Å². The fourth-order valence-corrected chi connectivity index (χ4v) is 4.63. The molecular formula is C12H20O2S. The van der Waals surface area contributed by atoms with Crippen LogP contribution < -0.4 is 0 Å². The number of fused-ring (bicyclic) bond motifs is 2. The largest absolute Gasteiger partial charge is 0.396 e. The van der Waals surface area contributed by atoms with E-state index in [1.165, 1.54) is 6.42 Å². The van der Waals surface area contributed by atoms with Crippen molar-refractivity contribution >= 4 is 17.5 Å². The number of thioether (sulfide) groups is 1. The van der Waals surface area contributed by atoms with Crippen molar-refractivity contribution in [2.24, 2.45) is 16.7 Å². The molecule has 0 aromatic rings. The second-order valence-electron chi connectivity index (χ2n) is 5.39. The zero-order valence-corrected chi connectivity index (χ0v) is 10.4. The molecule has 0 aliphatic heterocycles. The standard InChI is InChI=1S/C12H20O2S/c1-11-4-3-9(7-10(11)14)12(11,2)8-15-6-5-13/h9,13H,3-8H2,1-2H3/t9-,11-,12-/m1/s1. The van der Waals surface area contributed by atoms with Crippen molar-refractivity contribution < 1.29 is 9.90 Å². The van der Waals surface area contributed by atoms with Gasteiger partial charge in [-0.15, -0.1) is 0 Å². The van der Waals surface area contributed by atoms with Crippen molar-refractivity contribution in [3.05, 3.63) is 0 Å². The van der Waals surface area contributed by atoms with E-state index in [0.717, 1.165) is 24.3 Å². The summed E-state index contributed by atoms with van der Waals surface area (Å²) >= 11 is 1.80. The second kappa shape index (κ2) is 3.77. The summed E-state index contributed by atoms with van der Waals surface area (Å²) in [5.74, 6) is 2.90. The highest BCUT2D eigenvalue weighted by Crippen LogP contribution is 2.64. The van der Waals surface area contributed by atoms with Gasteiger partial charge in [-0.1, -0.05) is 13.8 Å². The van der Waals surface area contributed by atoms with E-state index in [0.29, 0.717) is 11.7 Å². The highest BCUT2D eigenvalue weighted by atomic mass is 32.2. The molecule has 0 amide bonds. The van der Waals surface area contributed by atoms with Crippen molar-refractivity contribution in [3.8, 4) is 0 Å². The molecule has 86 valence electrons. The van der Waals surface area contributed by atoms with Crippen LogP contribution in [0, 0.1) is 16.7 Å². The molecule has 3 heteroatoms. The van der Waals surface area contributed by atoms with E-state index in [-0.39, 0.29) is 17.4 Å². The number of aliphatic hydroxyl groups is 1. The maximum atomic E-state index is 11.9. The van der Waals surface area contributed by atoms with Gasteiger partial charge < -0.3 is 5.11 Å². The number of carbonyl (C=O) groups is 1. The third kappa shape index (κ3) is 1.47. The molecule has 2 aliphatic rings. The molecule has 2 fully saturated rings. The minimum absolute atomic E-state index is 0.0693. The molecular weight excluding hydrogens is 208 g/mol. The van der Waals surface area contributed by atoms with E-state index >= 15 is 0 Å². The van der Waals surface area contributed by atoms with Gasteiger partial charge in [0.25, 0.3) is 0 Å². The van der Waals surface area contributed by atoms with Crippen LogP contribution in [0.1, 0.15) is 33.1 Å². The lowest BCUT2D eigenvalue weighted by atomic mass is 9.70. The van der Waals surface area contributed by atoms with Gasteiger partial charge >= 0.3 is 0 Å². The maximum absolute atomic E-state index is 11.9. The third-order valence-corrected chi connectivity index (χ3v) is 6.11. The Morgan fingerprint density at radius 2 is 2.27 bits per heavy atom. The van der Waals surface area contributed by atoms with Gasteiger partial charge in [0, 0.05) is 17.6 Å². The molecule has 1 N–H and O–H groups in total. The van der Waals surface area contributed by atoms with E-state index in [4.69, 9.17) is 5.11 Å². The van der Waals surface area contributed by atoms with Crippen LogP contribution in [0.4, 0.5) is 0 Å². The normalized spacial score (nSPS) is 43.9. The average Bonchev–Trinajstić information content (AvgIpc) is 2.53. The topological polar surface area (TPSA) is 37.3 Å². The van der Waals surface area contributed by atoms with E-state index in [2.05, 4.69) is 13.8 Å². The van der Waals surface area contributed by atoms with Crippen molar-refractivity contribution in [2.45, 2.75) is 33.1 Å². The van der Waals surface area contributed by atoms with Gasteiger partial charge in [-0.25, -0.2) is 0 Å². The highest BCUT2D eigenvalue weighted by Gasteiger charge is 2.63. The predicted molar refractivity (Wildman–Crippen MR) is 63.0 cm³/mol. The lowest BCUT2D eigenvalue weighted by Gasteiger charge is -2.36. The average molecular weight is 228 g/mol. The van der Waals surface area contributed by atoms with Crippen molar-refractivity contribution in [1.29, 1.82) is 0 Å². The zero-order chi connectivity index (χ0) is 11.1. The maximum Gasteiger partial charge on any atom is 0.139 e. The molecule has 0 aromatic carbocycles. The Bertz CT molecular complexity index is 279. The molecule has 3 atom stereocenters. The monoisotopic (exact) mass is 228 g/mol. The number of Topliss-reactive ketones (excluding diaryl/α,β-unsaturated/α-hetero) is 1. The van der Waals surface area contributed by atoms with Crippen LogP contribution in [-0.4, -0.2) is 29.0 Å². The first-order chi connectivity index (χ1) is 7.04. The summed E-state index contributed by atoms with van der Waals surface area (Å²) in [4.78, 5) is 11.9. The van der Waals surface area contributed by atoms with Gasteiger partial charge in [0.1, 0.15) is 5.78 Å². The summed E-state index contributed by atoms with van der Waals surface area (Å²) in [6, 6.07) is 0. The number of rotatable bonds is 4. The van der Waals surface area contributed by atoms with Crippen LogP contribution in [0.15, 0.2) is 0 Å². The summed E-state index contributed by atoms with van der Waals surface area (Å²) in [7, 11) is 0. The first-order valence-corrected chi connectivity index (χ1v) is 6.92. The molecule has 2 saturated carbocycles. The van der Waals surface area contributed by atoms with Crippen LogP contribution >= 0.6 is 11.8 Å². The van der Waals surface area contributed by atoms with E-state index in [9.17, 15) is 4.79 Å². The minimum atomic E-state index is -0.0693. The summed E-state index contributed by atoms with van der Waals surface area (Å²) < 4.78 is 0. The Labute approximate surface area is 95.8 Å². The fourth-order valence-electron chi connectivity index (χ4n) is 3.38. The molecule has 0 radical (unpaired) electrons. The summed E-state index contributed by atoms with van der Waals surface area (Å²) in [5, 5.41) is 8.80. The first-order valence-electron chi connectivity index (χ1n) is 5.76. The highest BCUT2D eigenvalue weighted by molar-refractivity contribution is 7.99. The van der Waals surface area contributed by atoms with Gasteiger partial charge in [-0.3, -0.25) is 4.79 Å². The number of ketones is 1. The molecule has 2 rings (SSSR count). The molecule has 0 saturated heterocycles. The zero-order valence-electron chi connectivity index (χ0n) is 9.58. The third-order valence-electron chi connectivity index (χ3n) is 4.84. The Balaban J connectivity index is 2.11. The molecule has 2 nitrogen and oxygen atoms in total. The summed E-state index contributed by atoms with van der Waals surface area (Å²) in [5.41, 5.74) is 0.115. The van der Waals surface area contributed by atoms with Gasteiger partial charge in [-0.2, -0.15) is 11.8 Å². The SMILES string of the molecule is C[C@@]12CC[C@H](CC1=O)[C@@]2(C)CSCCO. The van der Waals surface area contributed by atoms with Crippen LogP contribution in [0.3, 0.4) is 0 Å². The Morgan fingerprint density at radius 1 is 1.53 bits per heavy atom. The van der Waals surface area contributed by atoms with Crippen molar-refractivity contribution in [1.82, 2.24) is 0 Å². The molecule has 0 aromatic heterocycles. The van der Waals surface area contributed by atoms with Gasteiger partial charge in [0.2, 0.25) is 0 Å². The van der Waals surface area contributed by atoms with Crippen molar-refractivity contribution in [3.63, 3.8) is 0 Å². The molecule has 2 aliphatic carbocycles. The molecule has 0 heterocycles. The van der Waals surface area contributed by atoms with Gasteiger partial charge in [-0.05, 0) is 29.9 Å². The van der Waals surface area contributed by atoms with Crippen LogP contribution in [0.25, 0.3) is 0 Å². The van der Waals surface area contributed by atoms with Gasteiger partial charge in [0.15, 0.2) is 0 Å². The van der Waals surface area contributed by atoms with E-state index in [1.54, 1.807) is 11.8 Å². The molecule has 2 bridgehead atoms. The number of aliphatic hydroxyl groups excluding tert-OH is 1. The van der Waals surface area contributed by atoms with Crippen LogP contribution in [0.5, 0.6) is 0 Å². The predicted octanol–water partition coefficient (Wildman–Crippen LogP) is 2.11. The Morgan fingerprint density at radius 3 is 2.73 bits per heavy atom. The summed E-state index contributed by atoms with van der Waals surface area (Å²) in [6.45, 7) is 4.68. The second-order valence-corrected chi connectivity index (χ2v) is 6.49. The van der Waals surface area contributed by atoms with Crippen LogP contribution in [-0.2, 0) is 4.79 Å². The number of carbonyl (C=O) groups excluding carboxylic acids is 1.